The van der Waals surface area contributed by atoms with E-state index in [1.54, 1.807) is 7.11 Å². The van der Waals surface area contributed by atoms with Crippen molar-refractivity contribution in [3.05, 3.63) is 28.8 Å². The van der Waals surface area contributed by atoms with E-state index in [4.69, 9.17) is 9.84 Å². The minimum Gasteiger partial charge on any atom is -0.496 e. The van der Waals surface area contributed by atoms with Gasteiger partial charge in [-0.05, 0) is 48.9 Å². The minimum atomic E-state index is -0.749. The fraction of sp³-hybridized carbons (Fsp3) is 0.500. The molecule has 1 atom stereocenters. The van der Waals surface area contributed by atoms with E-state index in [0.717, 1.165) is 23.3 Å². The lowest BCUT2D eigenvalue weighted by Crippen LogP contribution is -2.09. The molecule has 0 aliphatic rings. The van der Waals surface area contributed by atoms with E-state index in [2.05, 4.69) is 6.07 Å². The topological polar surface area (TPSA) is 46.5 Å². The van der Waals surface area contributed by atoms with Gasteiger partial charge in [-0.15, -0.1) is 0 Å². The predicted octanol–water partition coefficient (Wildman–Crippen LogP) is 2.97. The third-order valence-corrected chi connectivity index (χ3v) is 2.87. The molecule has 0 spiro atoms. The number of aryl methyl sites for hydroxylation is 2. The van der Waals surface area contributed by atoms with E-state index in [1.807, 2.05) is 26.8 Å². The van der Waals surface area contributed by atoms with Gasteiger partial charge in [-0.1, -0.05) is 13.0 Å². The third-order valence-electron chi connectivity index (χ3n) is 2.87. The van der Waals surface area contributed by atoms with Crippen molar-refractivity contribution in [3.63, 3.8) is 0 Å². The first-order chi connectivity index (χ1) is 7.93. The summed E-state index contributed by atoms with van der Waals surface area (Å²) in [4.78, 5) is 10.7. The smallest absolute Gasteiger partial charge is 0.303 e. The zero-order valence-electron chi connectivity index (χ0n) is 10.9. The molecule has 0 aliphatic carbocycles. The molecule has 0 saturated carbocycles. The summed E-state index contributed by atoms with van der Waals surface area (Å²) in [5.74, 6) is 0.226. The van der Waals surface area contributed by atoms with Crippen molar-refractivity contribution in [2.45, 2.75) is 33.6 Å². The summed E-state index contributed by atoms with van der Waals surface area (Å²) in [6.45, 7) is 6.02. The largest absolute Gasteiger partial charge is 0.496 e. The van der Waals surface area contributed by atoms with Gasteiger partial charge in [0.15, 0.2) is 0 Å². The second-order valence-corrected chi connectivity index (χ2v) is 4.67. The lowest BCUT2D eigenvalue weighted by Gasteiger charge is -2.16. The van der Waals surface area contributed by atoms with Gasteiger partial charge in [0.1, 0.15) is 5.75 Å². The molecule has 94 valence electrons. The van der Waals surface area contributed by atoms with Gasteiger partial charge in [-0.2, -0.15) is 0 Å². The van der Waals surface area contributed by atoms with Crippen molar-refractivity contribution in [1.29, 1.82) is 0 Å². The van der Waals surface area contributed by atoms with Crippen molar-refractivity contribution in [3.8, 4) is 5.75 Å². The van der Waals surface area contributed by atoms with E-state index in [-0.39, 0.29) is 12.3 Å². The fourth-order valence-electron chi connectivity index (χ4n) is 2.12. The van der Waals surface area contributed by atoms with Gasteiger partial charge in [0.2, 0.25) is 0 Å². The molecular formula is C14H20O3. The summed E-state index contributed by atoms with van der Waals surface area (Å²) < 4.78 is 5.37. The highest BCUT2D eigenvalue weighted by molar-refractivity contribution is 5.67. The molecule has 0 saturated heterocycles. The summed E-state index contributed by atoms with van der Waals surface area (Å²) in [6, 6.07) is 4.10. The molecule has 0 bridgehead atoms. The van der Waals surface area contributed by atoms with Crippen molar-refractivity contribution in [2.24, 2.45) is 5.92 Å². The monoisotopic (exact) mass is 236 g/mol. The first-order valence-electron chi connectivity index (χ1n) is 5.80. The average molecular weight is 236 g/mol. The van der Waals surface area contributed by atoms with Gasteiger partial charge in [0.25, 0.3) is 0 Å². The number of methoxy groups -OCH3 is 1. The van der Waals surface area contributed by atoms with E-state index < -0.39 is 5.97 Å². The van der Waals surface area contributed by atoms with Gasteiger partial charge in [0.05, 0.1) is 7.11 Å². The summed E-state index contributed by atoms with van der Waals surface area (Å²) in [5, 5.41) is 8.77. The first-order valence-corrected chi connectivity index (χ1v) is 5.80. The van der Waals surface area contributed by atoms with Crippen molar-refractivity contribution < 1.29 is 14.6 Å². The zero-order valence-corrected chi connectivity index (χ0v) is 10.9. The molecule has 3 heteroatoms. The zero-order chi connectivity index (χ0) is 13.0. The van der Waals surface area contributed by atoms with Crippen LogP contribution < -0.4 is 4.74 Å². The molecule has 1 unspecified atom stereocenters. The van der Waals surface area contributed by atoms with Crippen LogP contribution in [0.25, 0.3) is 0 Å². The molecule has 0 heterocycles. The maximum Gasteiger partial charge on any atom is 0.303 e. The normalized spacial score (nSPS) is 12.2. The van der Waals surface area contributed by atoms with E-state index in [1.165, 1.54) is 5.56 Å². The Hall–Kier alpha value is -1.51. The van der Waals surface area contributed by atoms with Crippen LogP contribution in [0.5, 0.6) is 5.75 Å². The number of ether oxygens (including phenoxy) is 1. The van der Waals surface area contributed by atoms with Gasteiger partial charge >= 0.3 is 5.97 Å². The molecule has 1 rings (SSSR count). The summed E-state index contributed by atoms with van der Waals surface area (Å²) >= 11 is 0. The van der Waals surface area contributed by atoms with Crippen LogP contribution in [0.2, 0.25) is 0 Å². The molecular weight excluding hydrogens is 216 g/mol. The number of carboxylic acid groups (broad SMARTS) is 1. The highest BCUT2D eigenvalue weighted by Gasteiger charge is 2.14. The quantitative estimate of drug-likeness (QED) is 0.855. The molecule has 1 aromatic carbocycles. The van der Waals surface area contributed by atoms with E-state index in [0.29, 0.717) is 0 Å². The first kappa shape index (κ1) is 13.6. The average Bonchev–Trinajstić information content (AvgIpc) is 2.20. The van der Waals surface area contributed by atoms with Gasteiger partial charge < -0.3 is 9.84 Å². The van der Waals surface area contributed by atoms with E-state index in [9.17, 15) is 4.79 Å². The maximum atomic E-state index is 10.7. The van der Waals surface area contributed by atoms with Gasteiger partial charge in [-0.3, -0.25) is 4.79 Å². The Balaban J connectivity index is 2.93. The minimum absolute atomic E-state index is 0.114. The van der Waals surface area contributed by atoms with Crippen LogP contribution in [0.15, 0.2) is 12.1 Å². The van der Waals surface area contributed by atoms with Crippen molar-refractivity contribution >= 4 is 5.97 Å². The van der Waals surface area contributed by atoms with Crippen molar-refractivity contribution in [1.82, 2.24) is 0 Å². The van der Waals surface area contributed by atoms with Crippen LogP contribution in [0.1, 0.15) is 30.0 Å². The number of carbonyl (C=O) groups is 1. The molecule has 1 N–H and O–H groups in total. The predicted molar refractivity (Wildman–Crippen MR) is 67.6 cm³/mol. The Labute approximate surface area is 102 Å². The van der Waals surface area contributed by atoms with Crippen molar-refractivity contribution in [2.75, 3.05) is 7.11 Å². The molecule has 1 aromatic rings. The van der Waals surface area contributed by atoms with Gasteiger partial charge in [0, 0.05) is 6.42 Å². The number of aliphatic carboxylic acids is 1. The molecule has 0 aliphatic heterocycles. The number of carboxylic acids is 1. The Morgan fingerprint density at radius 1 is 1.41 bits per heavy atom. The van der Waals surface area contributed by atoms with Crippen LogP contribution in [-0.2, 0) is 11.2 Å². The van der Waals surface area contributed by atoms with Crippen LogP contribution in [0.4, 0.5) is 0 Å². The third kappa shape index (κ3) is 3.77. The molecule has 17 heavy (non-hydrogen) atoms. The van der Waals surface area contributed by atoms with Crippen LogP contribution in [0.3, 0.4) is 0 Å². The van der Waals surface area contributed by atoms with Crippen LogP contribution in [0, 0.1) is 19.8 Å². The SMILES string of the molecule is COc1cc(C)cc(C)c1CC(C)CC(=O)O. The van der Waals surface area contributed by atoms with Crippen LogP contribution >= 0.6 is 0 Å². The molecule has 0 fully saturated rings. The second kappa shape index (κ2) is 5.71. The molecule has 0 aromatic heterocycles. The highest BCUT2D eigenvalue weighted by atomic mass is 16.5. The van der Waals surface area contributed by atoms with Gasteiger partial charge in [-0.25, -0.2) is 0 Å². The Bertz CT molecular complexity index is 410. The number of rotatable bonds is 5. The Kier molecular flexibility index (Phi) is 4.55. The number of benzene rings is 1. The highest BCUT2D eigenvalue weighted by Crippen LogP contribution is 2.27. The van der Waals surface area contributed by atoms with Crippen LogP contribution in [-0.4, -0.2) is 18.2 Å². The lowest BCUT2D eigenvalue weighted by atomic mass is 9.93. The Morgan fingerprint density at radius 2 is 2.06 bits per heavy atom. The number of hydrogen-bond acceptors (Lipinski definition) is 2. The molecule has 0 amide bonds. The second-order valence-electron chi connectivity index (χ2n) is 4.67. The molecule has 3 nitrogen and oxygen atoms in total. The summed E-state index contributed by atoms with van der Waals surface area (Å²) in [6.07, 6.45) is 0.929. The fourth-order valence-corrected chi connectivity index (χ4v) is 2.12. The summed E-state index contributed by atoms with van der Waals surface area (Å²) in [7, 11) is 1.65. The maximum absolute atomic E-state index is 10.7. The number of hydrogen-bond donors (Lipinski definition) is 1. The Morgan fingerprint density at radius 3 is 2.59 bits per heavy atom. The van der Waals surface area contributed by atoms with E-state index >= 15 is 0 Å². The molecule has 0 radical (unpaired) electrons. The summed E-state index contributed by atoms with van der Waals surface area (Å²) in [5.41, 5.74) is 3.44. The standard InChI is InChI=1S/C14H20O3/c1-9-5-11(3)12(13(7-9)17-4)6-10(2)8-14(15)16/h5,7,10H,6,8H2,1-4H3,(H,15,16). The lowest BCUT2D eigenvalue weighted by molar-refractivity contribution is -0.137.